The molecule has 1 N–H and O–H groups in total. The zero-order chi connectivity index (χ0) is 31.1. The van der Waals surface area contributed by atoms with E-state index >= 15 is 0 Å². The molecule has 2 heterocycles. The standard InChI is InChI=1S/C33H31N3O6S2/c1-35(2)27(38)18-19-43-25-21-44-32-28(34-26(37)20-41-24-16-10-5-11-17-24)31(39)36(32)29(25)33(40)42-30(22-12-6-3-7-13-22)23-14-8-4-9-15-23/h3-19,28,30,32H,20-21H2,1-2H3,(H,34,37)/b19-18-/t28-,32+/m1/s1. The van der Waals surface area contributed by atoms with Crippen molar-refractivity contribution in [2.24, 2.45) is 0 Å². The highest BCUT2D eigenvalue weighted by Gasteiger charge is 2.54. The van der Waals surface area contributed by atoms with Crippen LogP contribution in [0.2, 0.25) is 0 Å². The van der Waals surface area contributed by atoms with E-state index in [4.69, 9.17) is 9.47 Å². The highest BCUT2D eigenvalue weighted by Crippen LogP contribution is 2.44. The molecule has 0 aromatic heterocycles. The predicted octanol–water partition coefficient (Wildman–Crippen LogP) is 4.34. The number of amides is 3. The summed E-state index contributed by atoms with van der Waals surface area (Å²) in [5.41, 5.74) is 1.66. The molecule has 0 radical (unpaired) electrons. The number of para-hydroxylation sites is 1. The lowest BCUT2D eigenvalue weighted by Crippen LogP contribution is -2.70. The second kappa shape index (κ2) is 14.3. The van der Waals surface area contributed by atoms with Crippen molar-refractivity contribution in [2.45, 2.75) is 17.5 Å². The molecule has 0 unspecified atom stereocenters. The molecule has 2 aliphatic heterocycles. The van der Waals surface area contributed by atoms with Crippen molar-refractivity contribution in [1.82, 2.24) is 15.1 Å². The molecular formula is C33H31N3O6S2. The summed E-state index contributed by atoms with van der Waals surface area (Å²) in [5, 5.41) is 3.85. The first-order valence-electron chi connectivity index (χ1n) is 13.8. The molecule has 2 aliphatic rings. The first-order chi connectivity index (χ1) is 21.3. The fraction of sp³-hybridized carbons (Fsp3) is 0.212. The predicted molar refractivity (Wildman–Crippen MR) is 170 cm³/mol. The maximum absolute atomic E-state index is 14.0. The van der Waals surface area contributed by atoms with Crippen molar-refractivity contribution in [2.75, 3.05) is 26.5 Å². The lowest BCUT2D eigenvalue weighted by Gasteiger charge is -2.49. The third-order valence-corrected chi connectivity index (χ3v) is 9.20. The van der Waals surface area contributed by atoms with Gasteiger partial charge in [0.05, 0.1) is 0 Å². The Labute approximate surface area is 264 Å². The Bertz CT molecular complexity index is 1520. The van der Waals surface area contributed by atoms with Crippen LogP contribution in [0.15, 0.2) is 113 Å². The molecule has 44 heavy (non-hydrogen) atoms. The Morgan fingerprint density at radius 1 is 0.977 bits per heavy atom. The number of nitrogens with zero attached hydrogens (tertiary/aromatic N) is 2. The van der Waals surface area contributed by atoms with Crippen molar-refractivity contribution < 1.29 is 28.7 Å². The summed E-state index contributed by atoms with van der Waals surface area (Å²) in [7, 11) is 3.29. The fourth-order valence-corrected chi connectivity index (χ4v) is 6.93. The van der Waals surface area contributed by atoms with Gasteiger partial charge in [-0.3, -0.25) is 19.3 Å². The van der Waals surface area contributed by atoms with Crippen LogP contribution in [-0.2, 0) is 23.9 Å². The zero-order valence-electron chi connectivity index (χ0n) is 24.1. The summed E-state index contributed by atoms with van der Waals surface area (Å²) in [4.78, 5) is 55.7. The molecule has 11 heteroatoms. The summed E-state index contributed by atoms with van der Waals surface area (Å²) >= 11 is 2.61. The van der Waals surface area contributed by atoms with Gasteiger partial charge in [-0.25, -0.2) is 4.79 Å². The summed E-state index contributed by atoms with van der Waals surface area (Å²) in [6.45, 7) is -0.252. The molecule has 3 aromatic carbocycles. The van der Waals surface area contributed by atoms with E-state index in [0.29, 0.717) is 16.4 Å². The van der Waals surface area contributed by atoms with E-state index in [1.54, 1.807) is 43.8 Å². The maximum atomic E-state index is 14.0. The molecule has 0 spiro atoms. The monoisotopic (exact) mass is 629 g/mol. The average molecular weight is 630 g/mol. The van der Waals surface area contributed by atoms with Gasteiger partial charge in [0.1, 0.15) is 22.9 Å². The van der Waals surface area contributed by atoms with Gasteiger partial charge in [0.15, 0.2) is 12.7 Å². The number of hydrogen-bond donors (Lipinski definition) is 1. The molecule has 0 bridgehead atoms. The minimum atomic E-state index is -0.828. The minimum Gasteiger partial charge on any atom is -0.484 e. The van der Waals surface area contributed by atoms with E-state index in [1.165, 1.54) is 39.4 Å². The first-order valence-corrected chi connectivity index (χ1v) is 15.8. The number of carbonyl (C=O) groups is 4. The Hall–Kier alpha value is -4.48. The minimum absolute atomic E-state index is 0.105. The van der Waals surface area contributed by atoms with Crippen LogP contribution in [0.3, 0.4) is 0 Å². The lowest BCUT2D eigenvalue weighted by atomic mass is 10.0. The van der Waals surface area contributed by atoms with E-state index in [2.05, 4.69) is 5.32 Å². The molecule has 2 atom stereocenters. The maximum Gasteiger partial charge on any atom is 0.356 e. The second-order valence-electron chi connectivity index (χ2n) is 10.1. The summed E-state index contributed by atoms with van der Waals surface area (Å²) in [5.74, 6) is -0.842. The number of ether oxygens (including phenoxy) is 2. The van der Waals surface area contributed by atoms with Crippen molar-refractivity contribution in [3.05, 3.63) is 124 Å². The van der Waals surface area contributed by atoms with Crippen LogP contribution in [0.4, 0.5) is 0 Å². The number of rotatable bonds is 11. The molecular weight excluding hydrogens is 599 g/mol. The highest BCUT2D eigenvalue weighted by molar-refractivity contribution is 8.08. The SMILES string of the molecule is CN(C)C(=O)/C=C\SC1=C(C(=O)OC(c2ccccc2)c2ccccc2)N2C(=O)[C@@H](NC(=O)COc3ccccc3)[C@@H]2SC1. The normalized spacial score (nSPS) is 17.6. The second-order valence-corrected chi connectivity index (χ2v) is 12.2. The van der Waals surface area contributed by atoms with Gasteiger partial charge >= 0.3 is 5.97 Å². The van der Waals surface area contributed by atoms with Crippen LogP contribution in [0, 0.1) is 0 Å². The van der Waals surface area contributed by atoms with Crippen molar-refractivity contribution in [3.8, 4) is 5.75 Å². The van der Waals surface area contributed by atoms with Crippen molar-refractivity contribution in [3.63, 3.8) is 0 Å². The summed E-state index contributed by atoms with van der Waals surface area (Å²) in [6.07, 6.45) is 0.687. The molecule has 5 rings (SSSR count). The van der Waals surface area contributed by atoms with Gasteiger partial charge in [0, 0.05) is 30.8 Å². The summed E-state index contributed by atoms with van der Waals surface area (Å²) < 4.78 is 11.7. The van der Waals surface area contributed by atoms with Crippen LogP contribution in [-0.4, -0.2) is 71.4 Å². The Kier molecular flexibility index (Phi) is 10.1. The Morgan fingerprint density at radius 2 is 1.57 bits per heavy atom. The van der Waals surface area contributed by atoms with Gasteiger partial charge < -0.3 is 19.7 Å². The third-order valence-electron chi connectivity index (χ3n) is 6.85. The largest absolute Gasteiger partial charge is 0.484 e. The van der Waals surface area contributed by atoms with Crippen LogP contribution < -0.4 is 10.1 Å². The number of thioether (sulfide) groups is 2. The molecule has 1 saturated heterocycles. The lowest BCUT2D eigenvalue weighted by molar-refractivity contribution is -0.154. The molecule has 1 fully saturated rings. The molecule has 3 aromatic rings. The van der Waals surface area contributed by atoms with Gasteiger partial charge in [-0.2, -0.15) is 0 Å². The number of likely N-dealkylation sites (N-methyl/N-ethyl adjacent to an activating group) is 1. The number of β-lactam (4-membered cyclic amide) rings is 1. The summed E-state index contributed by atoms with van der Waals surface area (Å²) in [6, 6.07) is 26.8. The quantitative estimate of drug-likeness (QED) is 0.190. The van der Waals surface area contributed by atoms with Crippen molar-refractivity contribution >= 4 is 47.2 Å². The first kappa shape index (κ1) is 31.0. The van der Waals surface area contributed by atoms with E-state index in [9.17, 15) is 19.2 Å². The molecule has 9 nitrogen and oxygen atoms in total. The molecule has 226 valence electrons. The molecule has 3 amide bonds. The van der Waals surface area contributed by atoms with Gasteiger partial charge in [-0.15, -0.1) is 11.8 Å². The van der Waals surface area contributed by atoms with Gasteiger partial charge in [-0.1, -0.05) is 90.6 Å². The van der Waals surface area contributed by atoms with Crippen LogP contribution >= 0.6 is 23.5 Å². The number of benzene rings is 3. The third kappa shape index (κ3) is 7.17. The smallest absolute Gasteiger partial charge is 0.356 e. The van der Waals surface area contributed by atoms with E-state index < -0.39 is 35.3 Å². The number of carbonyl (C=O) groups excluding carboxylic acids is 4. The average Bonchev–Trinajstić information content (AvgIpc) is 3.05. The van der Waals surface area contributed by atoms with E-state index in [0.717, 1.165) is 11.1 Å². The fourth-order valence-electron chi connectivity index (χ4n) is 4.62. The van der Waals surface area contributed by atoms with Gasteiger partial charge in [0.2, 0.25) is 5.91 Å². The van der Waals surface area contributed by atoms with Crippen LogP contribution in [0.1, 0.15) is 17.2 Å². The zero-order valence-corrected chi connectivity index (χ0v) is 25.8. The Morgan fingerprint density at radius 3 is 2.16 bits per heavy atom. The number of esters is 1. The van der Waals surface area contributed by atoms with Crippen LogP contribution in [0.5, 0.6) is 5.75 Å². The Balaban J connectivity index is 1.38. The number of hydrogen-bond acceptors (Lipinski definition) is 8. The van der Waals surface area contributed by atoms with Crippen LogP contribution in [0.25, 0.3) is 0 Å². The topological polar surface area (TPSA) is 105 Å². The van der Waals surface area contributed by atoms with Gasteiger partial charge in [0.25, 0.3) is 11.8 Å². The highest BCUT2D eigenvalue weighted by atomic mass is 32.2. The van der Waals surface area contributed by atoms with E-state index in [1.807, 2.05) is 66.7 Å². The van der Waals surface area contributed by atoms with E-state index in [-0.39, 0.29) is 18.2 Å². The molecule has 0 saturated carbocycles. The number of fused-ring (bicyclic) bond motifs is 1. The molecule has 0 aliphatic carbocycles. The van der Waals surface area contributed by atoms with Gasteiger partial charge in [-0.05, 0) is 28.7 Å². The van der Waals surface area contributed by atoms with Crippen molar-refractivity contribution in [1.29, 1.82) is 0 Å². The number of nitrogens with one attached hydrogen (secondary N) is 1.